The number of carboxylic acid groups (broad SMARTS) is 1. The minimum absolute atomic E-state index is 0.0505. The van der Waals surface area contributed by atoms with E-state index in [0.29, 0.717) is 0 Å². The number of nitrogens with one attached hydrogen (secondary N) is 1. The van der Waals surface area contributed by atoms with Crippen molar-refractivity contribution in [2.24, 2.45) is 0 Å². The molecule has 0 amide bonds. The van der Waals surface area contributed by atoms with Crippen molar-refractivity contribution < 1.29 is 23.4 Å². The summed E-state index contributed by atoms with van der Waals surface area (Å²) in [5, 5.41) is 23.2. The average molecular weight is 289 g/mol. The predicted octanol–water partition coefficient (Wildman–Crippen LogP) is -0.357. The molecule has 0 radical (unpaired) electrons. The third kappa shape index (κ3) is 2.48. The van der Waals surface area contributed by atoms with E-state index in [9.17, 15) is 13.2 Å². The summed E-state index contributed by atoms with van der Waals surface area (Å²) in [4.78, 5) is 11.0. The van der Waals surface area contributed by atoms with Crippen molar-refractivity contribution in [3.63, 3.8) is 0 Å². The summed E-state index contributed by atoms with van der Waals surface area (Å²) < 4.78 is 26.0. The highest BCUT2D eigenvalue weighted by molar-refractivity contribution is 7.89. The number of hydrogen-bond donors (Lipinski definition) is 3. The van der Waals surface area contributed by atoms with Crippen LogP contribution in [0.25, 0.3) is 0 Å². The van der Waals surface area contributed by atoms with Gasteiger partial charge in [0.05, 0.1) is 12.8 Å². The molecule has 0 spiro atoms. The zero-order valence-electron chi connectivity index (χ0n) is 10.1. The van der Waals surface area contributed by atoms with Crippen molar-refractivity contribution >= 4 is 16.0 Å². The van der Waals surface area contributed by atoms with Gasteiger partial charge in [0.1, 0.15) is 5.56 Å². The third-order valence-electron chi connectivity index (χ3n) is 3.20. The third-order valence-corrected chi connectivity index (χ3v) is 5.13. The molecule has 9 heteroatoms. The van der Waals surface area contributed by atoms with Gasteiger partial charge >= 0.3 is 5.97 Å². The summed E-state index contributed by atoms with van der Waals surface area (Å²) in [6, 6.07) is -0.179. The van der Waals surface area contributed by atoms with Crippen LogP contribution in [0.2, 0.25) is 0 Å². The number of carbonyl (C=O) groups is 1. The van der Waals surface area contributed by atoms with Gasteiger partial charge in [0.25, 0.3) is 10.0 Å². The molecule has 2 rings (SSSR count). The predicted molar refractivity (Wildman–Crippen MR) is 64.2 cm³/mol. The number of sulfonamides is 1. The van der Waals surface area contributed by atoms with Crippen LogP contribution >= 0.6 is 0 Å². The number of hydrogen-bond acceptors (Lipinski definition) is 5. The van der Waals surface area contributed by atoms with Gasteiger partial charge in [0.15, 0.2) is 5.03 Å². The topological polar surface area (TPSA) is 124 Å². The Bertz CT molecular complexity index is 563. The molecule has 106 valence electrons. The normalized spacial score (nSPS) is 16.5. The van der Waals surface area contributed by atoms with E-state index in [0.717, 1.165) is 29.8 Å². The molecule has 0 atom stereocenters. The van der Waals surface area contributed by atoms with E-state index in [2.05, 4.69) is 10.2 Å². The molecule has 0 aromatic carbocycles. The van der Waals surface area contributed by atoms with Crippen LogP contribution in [-0.2, 0) is 10.0 Å². The van der Waals surface area contributed by atoms with E-state index in [-0.39, 0.29) is 24.8 Å². The maximum atomic E-state index is 12.4. The molecule has 1 aromatic heterocycles. The summed E-state index contributed by atoms with van der Waals surface area (Å²) in [7, 11) is -3.98. The molecule has 0 unspecified atom stereocenters. The Hall–Kier alpha value is -1.45. The van der Waals surface area contributed by atoms with Crippen LogP contribution in [0.4, 0.5) is 0 Å². The van der Waals surface area contributed by atoms with Crippen molar-refractivity contribution in [1.82, 2.24) is 14.5 Å². The van der Waals surface area contributed by atoms with Gasteiger partial charge in [-0.2, -0.15) is 9.40 Å². The highest BCUT2D eigenvalue weighted by Gasteiger charge is 2.37. The molecule has 1 saturated carbocycles. The fraction of sp³-hybridized carbons (Fsp3) is 0.600. The highest BCUT2D eigenvalue weighted by atomic mass is 32.2. The Morgan fingerprint density at radius 1 is 1.53 bits per heavy atom. The number of rotatable bonds is 6. The lowest BCUT2D eigenvalue weighted by Crippen LogP contribution is -2.45. The molecule has 1 fully saturated rings. The minimum atomic E-state index is -3.98. The molecule has 19 heavy (non-hydrogen) atoms. The van der Waals surface area contributed by atoms with Gasteiger partial charge in [-0.05, 0) is 12.8 Å². The van der Waals surface area contributed by atoms with Crippen LogP contribution in [0.3, 0.4) is 0 Å². The lowest BCUT2D eigenvalue weighted by molar-refractivity contribution is 0.0692. The van der Waals surface area contributed by atoms with Crippen LogP contribution in [-0.4, -0.2) is 58.3 Å². The zero-order valence-corrected chi connectivity index (χ0v) is 10.9. The summed E-state index contributed by atoms with van der Waals surface area (Å²) in [6.45, 7) is -0.364. The van der Waals surface area contributed by atoms with E-state index < -0.39 is 21.0 Å². The summed E-state index contributed by atoms with van der Waals surface area (Å²) >= 11 is 0. The van der Waals surface area contributed by atoms with Gasteiger partial charge in [-0.25, -0.2) is 13.2 Å². The lowest BCUT2D eigenvalue weighted by Gasteiger charge is -2.35. The Kier molecular flexibility index (Phi) is 3.88. The first kappa shape index (κ1) is 14.0. The number of aliphatic hydroxyl groups excluding tert-OH is 1. The molecule has 1 aliphatic carbocycles. The standard InChI is InChI=1S/C10H15N3O5S/c14-5-4-13(7-2-1-3-7)19(17,18)9-8(10(15)16)6-11-12-9/h6-7,14H,1-5H2,(H,11,12)(H,15,16). The van der Waals surface area contributed by atoms with Crippen molar-refractivity contribution in [3.8, 4) is 0 Å². The minimum Gasteiger partial charge on any atom is -0.478 e. The average Bonchev–Trinajstić information content (AvgIpc) is 2.75. The number of nitrogens with zero attached hydrogens (tertiary/aromatic N) is 2. The quantitative estimate of drug-likeness (QED) is 0.657. The maximum Gasteiger partial charge on any atom is 0.340 e. The molecule has 1 aliphatic rings. The molecule has 8 nitrogen and oxygen atoms in total. The Balaban J connectivity index is 2.38. The lowest BCUT2D eigenvalue weighted by atomic mass is 9.93. The largest absolute Gasteiger partial charge is 0.478 e. The maximum absolute atomic E-state index is 12.4. The zero-order chi connectivity index (χ0) is 14.0. The fourth-order valence-electron chi connectivity index (χ4n) is 2.01. The van der Waals surface area contributed by atoms with Crippen LogP contribution in [0.1, 0.15) is 29.6 Å². The number of H-pyrrole nitrogens is 1. The summed E-state index contributed by atoms with van der Waals surface area (Å²) in [5.74, 6) is -1.36. The van der Waals surface area contributed by atoms with Crippen molar-refractivity contribution in [2.75, 3.05) is 13.2 Å². The van der Waals surface area contributed by atoms with E-state index >= 15 is 0 Å². The number of aromatic amines is 1. The second kappa shape index (κ2) is 5.27. The monoisotopic (exact) mass is 289 g/mol. The number of carboxylic acids is 1. The van der Waals surface area contributed by atoms with E-state index in [1.807, 2.05) is 0 Å². The number of aromatic carboxylic acids is 1. The summed E-state index contributed by atoms with van der Waals surface area (Å²) in [6.07, 6.45) is 3.33. The van der Waals surface area contributed by atoms with Gasteiger partial charge in [-0.15, -0.1) is 0 Å². The van der Waals surface area contributed by atoms with Gasteiger partial charge in [0, 0.05) is 12.6 Å². The van der Waals surface area contributed by atoms with Gasteiger partial charge in [0.2, 0.25) is 0 Å². The van der Waals surface area contributed by atoms with Gasteiger partial charge in [-0.3, -0.25) is 5.10 Å². The molecular weight excluding hydrogens is 274 g/mol. The molecule has 3 N–H and O–H groups in total. The van der Waals surface area contributed by atoms with Crippen LogP contribution in [0, 0.1) is 0 Å². The van der Waals surface area contributed by atoms with Gasteiger partial charge < -0.3 is 10.2 Å². The first-order chi connectivity index (χ1) is 8.98. The van der Waals surface area contributed by atoms with Crippen molar-refractivity contribution in [1.29, 1.82) is 0 Å². The molecule has 0 saturated heterocycles. The molecule has 1 aromatic rings. The van der Waals surface area contributed by atoms with Crippen LogP contribution in [0.15, 0.2) is 11.2 Å². The number of aliphatic hydroxyl groups is 1. The number of aromatic nitrogens is 2. The van der Waals surface area contributed by atoms with Crippen molar-refractivity contribution in [2.45, 2.75) is 30.3 Å². The van der Waals surface area contributed by atoms with Crippen molar-refractivity contribution in [3.05, 3.63) is 11.8 Å². The van der Waals surface area contributed by atoms with Gasteiger partial charge in [-0.1, -0.05) is 6.42 Å². The van der Waals surface area contributed by atoms with Crippen LogP contribution in [0.5, 0.6) is 0 Å². The SMILES string of the molecule is O=C(O)c1cn[nH]c1S(=O)(=O)N(CCO)C1CCC1. The first-order valence-electron chi connectivity index (χ1n) is 5.88. The smallest absolute Gasteiger partial charge is 0.340 e. The second-order valence-electron chi connectivity index (χ2n) is 4.34. The summed E-state index contributed by atoms with van der Waals surface area (Å²) in [5.41, 5.74) is -0.387. The molecule has 0 bridgehead atoms. The second-order valence-corrected chi connectivity index (χ2v) is 6.17. The van der Waals surface area contributed by atoms with E-state index in [4.69, 9.17) is 10.2 Å². The molecule has 1 heterocycles. The Morgan fingerprint density at radius 2 is 2.21 bits per heavy atom. The Labute approximate surface area is 110 Å². The Morgan fingerprint density at radius 3 is 2.68 bits per heavy atom. The molecule has 0 aliphatic heterocycles. The molecular formula is C10H15N3O5S. The highest BCUT2D eigenvalue weighted by Crippen LogP contribution is 2.30. The van der Waals surface area contributed by atoms with E-state index in [1.54, 1.807) is 0 Å². The van der Waals surface area contributed by atoms with E-state index in [1.165, 1.54) is 0 Å². The first-order valence-corrected chi connectivity index (χ1v) is 7.32. The fourth-order valence-corrected chi connectivity index (χ4v) is 3.76. The van der Waals surface area contributed by atoms with Crippen LogP contribution < -0.4 is 0 Å².